The highest BCUT2D eigenvalue weighted by Crippen LogP contribution is 2.15. The summed E-state index contributed by atoms with van der Waals surface area (Å²) in [6, 6.07) is 0. The Balaban J connectivity index is 2.97. The van der Waals surface area contributed by atoms with E-state index in [1.54, 1.807) is 11.8 Å². The summed E-state index contributed by atoms with van der Waals surface area (Å²) in [5.41, 5.74) is -0.364. The van der Waals surface area contributed by atoms with Crippen LogP contribution in [-0.2, 0) is 5.11 Å². The molecule has 1 nitrogen and oxygen atoms in total. The van der Waals surface area contributed by atoms with Gasteiger partial charge in [0.1, 0.15) is 5.44 Å². The Labute approximate surface area is 68.2 Å². The van der Waals surface area contributed by atoms with Crippen molar-refractivity contribution < 1.29 is 5.11 Å². The Morgan fingerprint density at radius 3 is 2.50 bits per heavy atom. The topological polar surface area (TPSA) is 19.9 Å². The van der Waals surface area contributed by atoms with Gasteiger partial charge in [-0.25, -0.2) is 5.11 Å². The van der Waals surface area contributed by atoms with E-state index >= 15 is 0 Å². The Bertz CT molecular complexity index is 66.3. The molecule has 1 unspecified atom stereocenters. The first-order valence-electron chi connectivity index (χ1n) is 4.08. The Morgan fingerprint density at radius 1 is 1.30 bits per heavy atom. The van der Waals surface area contributed by atoms with E-state index in [1.165, 1.54) is 12.8 Å². The molecule has 0 aliphatic carbocycles. The average molecular weight is 161 g/mol. The first-order chi connectivity index (χ1) is 4.81. The van der Waals surface area contributed by atoms with Crippen LogP contribution < -0.4 is 0 Å². The van der Waals surface area contributed by atoms with Gasteiger partial charge in [0.25, 0.3) is 0 Å². The molecule has 0 saturated carbocycles. The summed E-state index contributed by atoms with van der Waals surface area (Å²) in [5.74, 6) is 1.05. The number of hydrogen-bond donors (Lipinski definition) is 0. The van der Waals surface area contributed by atoms with Crippen LogP contribution in [0.2, 0.25) is 0 Å². The van der Waals surface area contributed by atoms with Crippen molar-refractivity contribution in [1.29, 1.82) is 0 Å². The molecule has 0 rings (SSSR count). The molecule has 0 amide bonds. The minimum Gasteiger partial charge on any atom is -0.221 e. The van der Waals surface area contributed by atoms with Crippen molar-refractivity contribution in [2.75, 3.05) is 5.75 Å². The highest BCUT2D eigenvalue weighted by Gasteiger charge is 2.02. The predicted octanol–water partition coefficient (Wildman–Crippen LogP) is 3.08. The third-order valence-corrected chi connectivity index (χ3v) is 2.46. The molecule has 1 radical (unpaired) electrons. The quantitative estimate of drug-likeness (QED) is 0.433. The summed E-state index contributed by atoms with van der Waals surface area (Å²) in [5, 5.41) is 11.0. The normalized spacial score (nSPS) is 13.5. The second-order valence-electron chi connectivity index (χ2n) is 2.44. The molecule has 10 heavy (non-hydrogen) atoms. The van der Waals surface area contributed by atoms with Gasteiger partial charge < -0.3 is 0 Å². The maximum absolute atomic E-state index is 11.0. The average Bonchev–Trinajstić information content (AvgIpc) is 1.89. The van der Waals surface area contributed by atoms with Crippen LogP contribution in [0.1, 0.15) is 39.5 Å². The van der Waals surface area contributed by atoms with E-state index < -0.39 is 0 Å². The molecule has 0 aromatic heterocycles. The highest BCUT2D eigenvalue weighted by atomic mass is 32.2. The molecule has 1 atom stereocenters. The summed E-state index contributed by atoms with van der Waals surface area (Å²) in [6.07, 6.45) is 4.24. The fourth-order valence-corrected chi connectivity index (χ4v) is 1.80. The van der Waals surface area contributed by atoms with Gasteiger partial charge in [0.15, 0.2) is 0 Å². The van der Waals surface area contributed by atoms with Gasteiger partial charge in [-0.2, -0.15) is 0 Å². The van der Waals surface area contributed by atoms with Crippen LogP contribution in [-0.4, -0.2) is 11.2 Å². The van der Waals surface area contributed by atoms with E-state index in [4.69, 9.17) is 0 Å². The van der Waals surface area contributed by atoms with Crippen molar-refractivity contribution in [3.05, 3.63) is 0 Å². The maximum atomic E-state index is 11.0. The van der Waals surface area contributed by atoms with Crippen molar-refractivity contribution in [1.82, 2.24) is 0 Å². The third kappa shape index (κ3) is 6.43. The van der Waals surface area contributed by atoms with Gasteiger partial charge in [0.05, 0.1) is 0 Å². The SMILES string of the molecule is CCCCSC([O])CCC. The molecule has 0 N–H and O–H groups in total. The molecular formula is C8H17OS. The molecule has 0 fully saturated rings. The number of thioether (sulfide) groups is 1. The van der Waals surface area contributed by atoms with Gasteiger partial charge in [-0.15, -0.1) is 11.8 Å². The predicted molar refractivity (Wildman–Crippen MR) is 46.7 cm³/mol. The molecule has 0 aromatic rings. The smallest absolute Gasteiger partial charge is 0.138 e. The van der Waals surface area contributed by atoms with Crippen LogP contribution in [0, 0.1) is 0 Å². The molecule has 0 saturated heterocycles. The summed E-state index contributed by atoms with van der Waals surface area (Å²) in [7, 11) is 0. The summed E-state index contributed by atoms with van der Waals surface area (Å²) < 4.78 is 0. The number of unbranched alkanes of at least 4 members (excludes halogenated alkanes) is 1. The first-order valence-corrected chi connectivity index (χ1v) is 5.13. The van der Waals surface area contributed by atoms with Gasteiger partial charge in [0.2, 0.25) is 0 Å². The van der Waals surface area contributed by atoms with Crippen molar-refractivity contribution >= 4 is 11.8 Å². The van der Waals surface area contributed by atoms with E-state index in [-0.39, 0.29) is 5.44 Å². The van der Waals surface area contributed by atoms with E-state index in [1.807, 2.05) is 0 Å². The fourth-order valence-electron chi connectivity index (χ4n) is 0.678. The molecule has 0 heterocycles. The molecule has 0 aromatic carbocycles. The molecule has 0 bridgehead atoms. The van der Waals surface area contributed by atoms with E-state index in [9.17, 15) is 5.11 Å². The first kappa shape index (κ1) is 10.3. The zero-order chi connectivity index (χ0) is 7.82. The lowest BCUT2D eigenvalue weighted by Crippen LogP contribution is -1.98. The molecule has 61 valence electrons. The lowest BCUT2D eigenvalue weighted by Gasteiger charge is -2.04. The van der Waals surface area contributed by atoms with Crippen LogP contribution in [0.5, 0.6) is 0 Å². The molecule has 0 spiro atoms. The minimum absolute atomic E-state index is 0.364. The summed E-state index contributed by atoms with van der Waals surface area (Å²) in [4.78, 5) is 0. The van der Waals surface area contributed by atoms with Crippen molar-refractivity contribution in [3.8, 4) is 0 Å². The van der Waals surface area contributed by atoms with Crippen LogP contribution in [0.15, 0.2) is 0 Å². The number of rotatable bonds is 6. The standard InChI is InChI=1S/C8H17OS/c1-3-5-7-10-8(9)6-4-2/h8H,3-7H2,1-2H3. The number of hydrogen-bond acceptors (Lipinski definition) is 1. The monoisotopic (exact) mass is 161 g/mol. The largest absolute Gasteiger partial charge is 0.221 e. The van der Waals surface area contributed by atoms with E-state index in [0.717, 1.165) is 18.6 Å². The second kappa shape index (κ2) is 7.42. The van der Waals surface area contributed by atoms with Gasteiger partial charge >= 0.3 is 0 Å². The van der Waals surface area contributed by atoms with Gasteiger partial charge in [0, 0.05) is 0 Å². The van der Waals surface area contributed by atoms with Crippen LogP contribution in [0.3, 0.4) is 0 Å². The molecule has 0 aliphatic rings. The van der Waals surface area contributed by atoms with Crippen molar-refractivity contribution in [2.45, 2.75) is 45.0 Å². The molecule has 2 heteroatoms. The Morgan fingerprint density at radius 2 is 2.00 bits per heavy atom. The van der Waals surface area contributed by atoms with E-state index in [2.05, 4.69) is 13.8 Å². The molecule has 0 aliphatic heterocycles. The molecular weight excluding hydrogens is 144 g/mol. The van der Waals surface area contributed by atoms with E-state index in [0.29, 0.717) is 0 Å². The van der Waals surface area contributed by atoms with Crippen LogP contribution >= 0.6 is 11.8 Å². The summed E-state index contributed by atoms with van der Waals surface area (Å²) in [6.45, 7) is 4.21. The lowest BCUT2D eigenvalue weighted by atomic mass is 10.4. The van der Waals surface area contributed by atoms with Crippen LogP contribution in [0.25, 0.3) is 0 Å². The lowest BCUT2D eigenvalue weighted by molar-refractivity contribution is 0.156. The maximum Gasteiger partial charge on any atom is 0.138 e. The van der Waals surface area contributed by atoms with Crippen molar-refractivity contribution in [3.63, 3.8) is 0 Å². The third-order valence-electron chi connectivity index (χ3n) is 1.33. The van der Waals surface area contributed by atoms with Crippen molar-refractivity contribution in [2.24, 2.45) is 0 Å². The summed E-state index contributed by atoms with van der Waals surface area (Å²) >= 11 is 1.57. The Hall–Kier alpha value is 0.310. The van der Waals surface area contributed by atoms with Crippen LogP contribution in [0.4, 0.5) is 0 Å². The van der Waals surface area contributed by atoms with Gasteiger partial charge in [-0.3, -0.25) is 0 Å². The van der Waals surface area contributed by atoms with Gasteiger partial charge in [-0.1, -0.05) is 26.7 Å². The zero-order valence-corrected chi connectivity index (χ0v) is 7.75. The Kier molecular flexibility index (Phi) is 7.65. The fraction of sp³-hybridized carbons (Fsp3) is 1.00. The highest BCUT2D eigenvalue weighted by molar-refractivity contribution is 7.99. The zero-order valence-electron chi connectivity index (χ0n) is 6.93. The van der Waals surface area contributed by atoms with Gasteiger partial charge in [-0.05, 0) is 18.6 Å². The second-order valence-corrected chi connectivity index (χ2v) is 3.71. The minimum atomic E-state index is -0.364.